The summed E-state index contributed by atoms with van der Waals surface area (Å²) < 4.78 is 10.5. The van der Waals surface area contributed by atoms with Crippen molar-refractivity contribution in [2.75, 3.05) is 19.5 Å². The van der Waals surface area contributed by atoms with E-state index in [1.165, 1.54) is 0 Å². The predicted molar refractivity (Wildman–Crippen MR) is 77.4 cm³/mol. The molecule has 1 unspecified atom stereocenters. The maximum absolute atomic E-state index is 11.8. The Hall–Kier alpha value is -2.34. The van der Waals surface area contributed by atoms with Crippen molar-refractivity contribution in [2.24, 2.45) is 0 Å². The first-order valence-electron chi connectivity index (χ1n) is 6.71. The number of nitrogens with zero attached hydrogens (tertiary/aromatic N) is 1. The fourth-order valence-corrected chi connectivity index (χ4v) is 2.73. The van der Waals surface area contributed by atoms with E-state index in [4.69, 9.17) is 9.47 Å². The summed E-state index contributed by atoms with van der Waals surface area (Å²) in [5.41, 5.74) is 3.03. The lowest BCUT2D eigenvalue weighted by molar-refractivity contribution is -0.116. The Morgan fingerprint density at radius 2 is 2.24 bits per heavy atom. The van der Waals surface area contributed by atoms with E-state index in [9.17, 15) is 4.79 Å². The van der Waals surface area contributed by atoms with Gasteiger partial charge in [-0.2, -0.15) is 5.10 Å². The molecule has 2 aromatic rings. The molecule has 0 fully saturated rings. The molecule has 2 N–H and O–H groups in total. The van der Waals surface area contributed by atoms with Crippen molar-refractivity contribution < 1.29 is 14.3 Å². The van der Waals surface area contributed by atoms with E-state index in [1.807, 2.05) is 18.2 Å². The number of anilines is 1. The monoisotopic (exact) mass is 287 g/mol. The molecule has 1 aromatic carbocycles. The van der Waals surface area contributed by atoms with Gasteiger partial charge in [-0.1, -0.05) is 6.07 Å². The summed E-state index contributed by atoms with van der Waals surface area (Å²) in [6, 6.07) is 5.93. The fourth-order valence-electron chi connectivity index (χ4n) is 2.73. The second-order valence-corrected chi connectivity index (χ2v) is 5.01. The van der Waals surface area contributed by atoms with Crippen molar-refractivity contribution in [3.63, 3.8) is 0 Å². The molecule has 0 radical (unpaired) electrons. The molecule has 110 valence electrons. The number of aromatic amines is 1. The number of carbonyl (C=O) groups excluding carboxylic acids is 1. The molecule has 0 saturated heterocycles. The van der Waals surface area contributed by atoms with Crippen molar-refractivity contribution in [3.8, 4) is 5.75 Å². The van der Waals surface area contributed by atoms with E-state index >= 15 is 0 Å². The molecule has 2 heterocycles. The van der Waals surface area contributed by atoms with Gasteiger partial charge in [0, 0.05) is 30.6 Å². The van der Waals surface area contributed by atoms with Crippen LogP contribution in [0.25, 0.3) is 0 Å². The quantitative estimate of drug-likeness (QED) is 0.902. The fraction of sp³-hybridized carbons (Fsp3) is 0.333. The lowest BCUT2D eigenvalue weighted by Crippen LogP contribution is -2.23. The highest BCUT2D eigenvalue weighted by Crippen LogP contribution is 2.37. The van der Waals surface area contributed by atoms with Gasteiger partial charge in [-0.25, -0.2) is 0 Å². The van der Waals surface area contributed by atoms with Crippen LogP contribution in [0.15, 0.2) is 24.4 Å². The van der Waals surface area contributed by atoms with Crippen LogP contribution in [-0.4, -0.2) is 30.3 Å². The maximum Gasteiger partial charge on any atom is 0.226 e. The Morgan fingerprint density at radius 3 is 3.00 bits per heavy atom. The number of hydrogen-bond donors (Lipinski definition) is 2. The van der Waals surface area contributed by atoms with Crippen LogP contribution in [0.3, 0.4) is 0 Å². The Labute approximate surface area is 122 Å². The Balaban J connectivity index is 2.01. The normalized spacial score (nSPS) is 17.2. The number of benzene rings is 1. The number of rotatable bonds is 4. The van der Waals surface area contributed by atoms with E-state index in [0.717, 1.165) is 22.4 Å². The summed E-state index contributed by atoms with van der Waals surface area (Å²) in [5.74, 6) is 1.45. The van der Waals surface area contributed by atoms with Crippen molar-refractivity contribution in [1.82, 2.24) is 10.2 Å². The number of ether oxygens (including phenoxy) is 2. The Bertz CT molecular complexity index is 666. The minimum Gasteiger partial charge on any atom is -0.496 e. The Kier molecular flexibility index (Phi) is 3.62. The summed E-state index contributed by atoms with van der Waals surface area (Å²) in [6.07, 6.45) is 2.17. The molecule has 6 nitrogen and oxygen atoms in total. The molecule has 0 aliphatic carbocycles. The van der Waals surface area contributed by atoms with Crippen LogP contribution in [0.5, 0.6) is 5.75 Å². The Morgan fingerprint density at radius 1 is 1.38 bits per heavy atom. The first-order valence-corrected chi connectivity index (χ1v) is 6.71. The molecule has 1 aliphatic heterocycles. The van der Waals surface area contributed by atoms with E-state index in [0.29, 0.717) is 18.8 Å². The zero-order valence-corrected chi connectivity index (χ0v) is 12.0. The molecule has 1 aromatic heterocycles. The first kappa shape index (κ1) is 13.6. The van der Waals surface area contributed by atoms with Gasteiger partial charge in [0.1, 0.15) is 11.6 Å². The highest BCUT2D eigenvalue weighted by atomic mass is 16.5. The molecular formula is C15H17N3O3. The van der Waals surface area contributed by atoms with Crippen molar-refractivity contribution >= 4 is 11.7 Å². The van der Waals surface area contributed by atoms with Crippen LogP contribution in [0, 0.1) is 0 Å². The van der Waals surface area contributed by atoms with Crippen LogP contribution < -0.4 is 10.1 Å². The van der Waals surface area contributed by atoms with Crippen LogP contribution in [0.1, 0.15) is 29.0 Å². The minimum atomic E-state index is -0.0131. The number of fused-ring (bicyclic) bond motifs is 1. The number of methoxy groups -OCH3 is 2. The second kappa shape index (κ2) is 5.57. The summed E-state index contributed by atoms with van der Waals surface area (Å²) >= 11 is 0. The van der Waals surface area contributed by atoms with Gasteiger partial charge >= 0.3 is 0 Å². The third kappa shape index (κ3) is 2.50. The van der Waals surface area contributed by atoms with Gasteiger partial charge in [-0.15, -0.1) is 0 Å². The topological polar surface area (TPSA) is 76.2 Å². The molecule has 1 amide bonds. The summed E-state index contributed by atoms with van der Waals surface area (Å²) in [7, 11) is 3.28. The third-order valence-corrected chi connectivity index (χ3v) is 3.70. The number of amides is 1. The van der Waals surface area contributed by atoms with Crippen LogP contribution >= 0.6 is 0 Å². The van der Waals surface area contributed by atoms with E-state index in [1.54, 1.807) is 20.4 Å². The summed E-state index contributed by atoms with van der Waals surface area (Å²) in [4.78, 5) is 11.8. The first-order chi connectivity index (χ1) is 10.2. The third-order valence-electron chi connectivity index (χ3n) is 3.70. The lowest BCUT2D eigenvalue weighted by Gasteiger charge is -2.23. The number of hydrogen-bond acceptors (Lipinski definition) is 4. The summed E-state index contributed by atoms with van der Waals surface area (Å²) in [6.45, 7) is 0.466. The second-order valence-electron chi connectivity index (χ2n) is 5.01. The predicted octanol–water partition coefficient (Wildman–Crippen LogP) is 2.04. The molecule has 21 heavy (non-hydrogen) atoms. The van der Waals surface area contributed by atoms with Gasteiger partial charge in [0.25, 0.3) is 0 Å². The number of aromatic nitrogens is 2. The zero-order chi connectivity index (χ0) is 14.8. The van der Waals surface area contributed by atoms with Crippen molar-refractivity contribution in [2.45, 2.75) is 18.9 Å². The molecule has 0 saturated carbocycles. The summed E-state index contributed by atoms with van der Waals surface area (Å²) in [5, 5.41) is 9.63. The smallest absolute Gasteiger partial charge is 0.226 e. The van der Waals surface area contributed by atoms with Crippen molar-refractivity contribution in [3.05, 3.63) is 41.1 Å². The van der Waals surface area contributed by atoms with Gasteiger partial charge in [-0.05, 0) is 17.7 Å². The number of carbonyl (C=O) groups is 1. The standard InChI is InChI=1S/C15H17N3O3/c1-20-8-10-5-9(3-4-13(10)21-2)11-6-14(19)17-15-12(11)7-16-18-15/h3-5,7,11H,6,8H2,1-2H3,(H2,16,17,18,19). The average molecular weight is 287 g/mol. The number of nitrogens with one attached hydrogen (secondary N) is 2. The molecule has 0 spiro atoms. The van der Waals surface area contributed by atoms with E-state index in [2.05, 4.69) is 15.5 Å². The van der Waals surface area contributed by atoms with Gasteiger partial charge < -0.3 is 14.8 Å². The molecule has 0 bridgehead atoms. The number of H-pyrrole nitrogens is 1. The van der Waals surface area contributed by atoms with Crippen LogP contribution in [0.4, 0.5) is 5.82 Å². The van der Waals surface area contributed by atoms with Crippen molar-refractivity contribution in [1.29, 1.82) is 0 Å². The SMILES string of the molecule is COCc1cc(C2CC(=O)Nc3[nH]ncc32)ccc1OC. The molecule has 3 rings (SSSR count). The van der Waals surface area contributed by atoms with Gasteiger partial charge in [0.05, 0.1) is 19.9 Å². The maximum atomic E-state index is 11.8. The highest BCUT2D eigenvalue weighted by Gasteiger charge is 2.28. The average Bonchev–Trinajstić information content (AvgIpc) is 2.94. The minimum absolute atomic E-state index is 0.00554. The molecule has 1 atom stereocenters. The molecule has 1 aliphatic rings. The van der Waals surface area contributed by atoms with E-state index in [-0.39, 0.29) is 11.8 Å². The molecule has 6 heteroatoms. The lowest BCUT2D eigenvalue weighted by atomic mass is 9.86. The van der Waals surface area contributed by atoms with Gasteiger partial charge in [0.15, 0.2) is 0 Å². The highest BCUT2D eigenvalue weighted by molar-refractivity contribution is 5.94. The largest absolute Gasteiger partial charge is 0.496 e. The van der Waals surface area contributed by atoms with Gasteiger partial charge in [-0.3, -0.25) is 9.89 Å². The van der Waals surface area contributed by atoms with Crippen LogP contribution in [0.2, 0.25) is 0 Å². The molecular weight excluding hydrogens is 270 g/mol. The van der Waals surface area contributed by atoms with Gasteiger partial charge in [0.2, 0.25) is 5.91 Å². The zero-order valence-electron chi connectivity index (χ0n) is 12.0. The van der Waals surface area contributed by atoms with E-state index < -0.39 is 0 Å². The van der Waals surface area contributed by atoms with Crippen LogP contribution in [-0.2, 0) is 16.1 Å².